The molecule has 1 fully saturated rings. The topological polar surface area (TPSA) is 44.8 Å². The lowest BCUT2D eigenvalue weighted by molar-refractivity contribution is -0.123. The molecule has 0 spiro atoms. The van der Waals surface area contributed by atoms with E-state index in [4.69, 9.17) is 16.3 Å². The van der Waals surface area contributed by atoms with Gasteiger partial charge in [-0.2, -0.15) is 0 Å². The number of likely N-dealkylation sites (N-methyl/N-ethyl adjacent to an activating group) is 1. The summed E-state index contributed by atoms with van der Waals surface area (Å²) in [5.74, 6) is 0.678. The quantitative estimate of drug-likeness (QED) is 0.752. The van der Waals surface area contributed by atoms with Gasteiger partial charge in [0.25, 0.3) is 5.91 Å². The lowest BCUT2D eigenvalue weighted by Gasteiger charge is -2.38. The summed E-state index contributed by atoms with van der Waals surface area (Å²) in [5, 5.41) is 3.78. The summed E-state index contributed by atoms with van der Waals surface area (Å²) in [6.07, 6.45) is 0. The number of nitrogens with one attached hydrogen (secondary N) is 1. The van der Waals surface area contributed by atoms with Crippen molar-refractivity contribution in [3.8, 4) is 5.75 Å². The van der Waals surface area contributed by atoms with Gasteiger partial charge in [-0.25, -0.2) is 0 Å². The predicted molar refractivity (Wildman–Crippen MR) is 118 cm³/mol. The molecular weight excluding hydrogens is 386 g/mol. The Bertz CT molecular complexity index is 797. The number of hydrogen-bond acceptors (Lipinski definition) is 4. The predicted octanol–water partition coefficient (Wildman–Crippen LogP) is 3.44. The van der Waals surface area contributed by atoms with Gasteiger partial charge in [0.15, 0.2) is 6.61 Å². The van der Waals surface area contributed by atoms with E-state index in [1.807, 2.05) is 56.3 Å². The number of halogens is 1. The molecule has 2 aromatic carbocycles. The number of nitrogens with zero attached hydrogens (tertiary/aromatic N) is 2. The fourth-order valence-electron chi connectivity index (χ4n) is 3.70. The summed E-state index contributed by atoms with van der Waals surface area (Å²) in [4.78, 5) is 17.2. The van der Waals surface area contributed by atoms with Crippen molar-refractivity contribution >= 4 is 17.5 Å². The first-order valence-corrected chi connectivity index (χ1v) is 10.5. The second kappa shape index (κ2) is 10.1. The fraction of sp³-hybridized carbons (Fsp3) is 0.435. The molecule has 1 atom stereocenters. The highest BCUT2D eigenvalue weighted by molar-refractivity contribution is 6.30. The van der Waals surface area contributed by atoms with Crippen molar-refractivity contribution in [3.05, 3.63) is 64.2 Å². The summed E-state index contributed by atoms with van der Waals surface area (Å²) in [7, 11) is 2.14. The number of ether oxygens (including phenoxy) is 1. The molecule has 0 saturated carbocycles. The number of carbonyl (C=O) groups is 1. The van der Waals surface area contributed by atoms with Crippen molar-refractivity contribution in [1.29, 1.82) is 0 Å². The molecule has 1 saturated heterocycles. The lowest BCUT2D eigenvalue weighted by Crippen LogP contribution is -2.48. The summed E-state index contributed by atoms with van der Waals surface area (Å²) in [6.45, 7) is 8.52. The fourth-order valence-corrected chi connectivity index (χ4v) is 3.83. The van der Waals surface area contributed by atoms with E-state index in [1.165, 1.54) is 0 Å². The summed E-state index contributed by atoms with van der Waals surface area (Å²) < 4.78 is 5.79. The first-order chi connectivity index (χ1) is 13.9. The van der Waals surface area contributed by atoms with Gasteiger partial charge in [0, 0.05) is 37.7 Å². The van der Waals surface area contributed by atoms with Crippen molar-refractivity contribution in [2.75, 3.05) is 46.4 Å². The highest BCUT2D eigenvalue weighted by Gasteiger charge is 2.24. The van der Waals surface area contributed by atoms with Crippen LogP contribution < -0.4 is 10.1 Å². The standard InChI is InChI=1S/C23H30ClN3O2/c1-17-5-4-6-18(2)23(17)29-16-22(28)25-15-21(19-7-9-20(24)10-8-19)27-13-11-26(3)12-14-27/h4-10,21H,11-16H2,1-3H3,(H,25,28). The molecule has 5 nitrogen and oxygen atoms in total. The zero-order chi connectivity index (χ0) is 20.8. The van der Waals surface area contributed by atoms with Crippen molar-refractivity contribution in [1.82, 2.24) is 15.1 Å². The minimum Gasteiger partial charge on any atom is -0.483 e. The van der Waals surface area contributed by atoms with Crippen LogP contribution in [0.5, 0.6) is 5.75 Å². The maximum atomic E-state index is 12.5. The number of hydrogen-bond donors (Lipinski definition) is 1. The van der Waals surface area contributed by atoms with Crippen molar-refractivity contribution in [2.24, 2.45) is 0 Å². The average Bonchev–Trinajstić information content (AvgIpc) is 2.70. The Labute approximate surface area is 178 Å². The van der Waals surface area contributed by atoms with Gasteiger partial charge in [0.1, 0.15) is 5.75 Å². The molecule has 0 bridgehead atoms. The van der Waals surface area contributed by atoms with Gasteiger partial charge < -0.3 is 15.0 Å². The van der Waals surface area contributed by atoms with Gasteiger partial charge in [-0.15, -0.1) is 0 Å². The van der Waals surface area contributed by atoms with E-state index < -0.39 is 0 Å². The van der Waals surface area contributed by atoms with E-state index in [2.05, 4.69) is 22.2 Å². The number of rotatable bonds is 7. The Kier molecular flexibility index (Phi) is 7.53. The van der Waals surface area contributed by atoms with E-state index in [0.717, 1.165) is 53.6 Å². The highest BCUT2D eigenvalue weighted by atomic mass is 35.5. The van der Waals surface area contributed by atoms with Crippen LogP contribution in [0.15, 0.2) is 42.5 Å². The minimum absolute atomic E-state index is 0.0156. The maximum Gasteiger partial charge on any atom is 0.258 e. The Morgan fingerprint density at radius 1 is 1.07 bits per heavy atom. The smallest absolute Gasteiger partial charge is 0.258 e. The lowest BCUT2D eigenvalue weighted by atomic mass is 10.0. The van der Waals surface area contributed by atoms with Crippen LogP contribution in [0.25, 0.3) is 0 Å². The molecule has 1 unspecified atom stereocenters. The Morgan fingerprint density at radius 3 is 2.31 bits per heavy atom. The molecule has 1 heterocycles. The van der Waals surface area contributed by atoms with Gasteiger partial charge in [0.05, 0.1) is 6.04 Å². The Balaban J connectivity index is 1.61. The average molecular weight is 416 g/mol. The minimum atomic E-state index is -0.110. The second-order valence-electron chi connectivity index (χ2n) is 7.72. The number of para-hydroxylation sites is 1. The summed E-state index contributed by atoms with van der Waals surface area (Å²) in [5.41, 5.74) is 3.23. The van der Waals surface area contributed by atoms with Crippen LogP contribution in [0.2, 0.25) is 5.02 Å². The molecule has 0 radical (unpaired) electrons. The number of carbonyl (C=O) groups excluding carboxylic acids is 1. The van der Waals surface area contributed by atoms with Crippen LogP contribution in [0.1, 0.15) is 22.7 Å². The molecule has 1 aliphatic rings. The monoisotopic (exact) mass is 415 g/mol. The third kappa shape index (κ3) is 5.95. The molecule has 1 N–H and O–H groups in total. The molecule has 0 aromatic heterocycles. The van der Waals surface area contributed by atoms with Gasteiger partial charge in [-0.1, -0.05) is 41.9 Å². The van der Waals surface area contributed by atoms with Crippen LogP contribution in [-0.2, 0) is 4.79 Å². The molecule has 156 valence electrons. The van der Waals surface area contributed by atoms with E-state index >= 15 is 0 Å². The Hall–Kier alpha value is -2.08. The van der Waals surface area contributed by atoms with Gasteiger partial charge in [-0.05, 0) is 49.7 Å². The van der Waals surface area contributed by atoms with Crippen LogP contribution in [0, 0.1) is 13.8 Å². The zero-order valence-electron chi connectivity index (χ0n) is 17.5. The summed E-state index contributed by atoms with van der Waals surface area (Å²) >= 11 is 6.07. The first-order valence-electron chi connectivity index (χ1n) is 10.1. The number of aryl methyl sites for hydroxylation is 2. The third-order valence-corrected chi connectivity index (χ3v) is 5.73. The van der Waals surface area contributed by atoms with E-state index in [1.54, 1.807) is 0 Å². The van der Waals surface area contributed by atoms with Crippen molar-refractivity contribution in [3.63, 3.8) is 0 Å². The zero-order valence-corrected chi connectivity index (χ0v) is 18.2. The van der Waals surface area contributed by atoms with Gasteiger partial charge >= 0.3 is 0 Å². The number of amides is 1. The van der Waals surface area contributed by atoms with Crippen LogP contribution in [0.4, 0.5) is 0 Å². The van der Waals surface area contributed by atoms with E-state index in [0.29, 0.717) is 6.54 Å². The number of piperazine rings is 1. The van der Waals surface area contributed by atoms with Crippen LogP contribution in [-0.4, -0.2) is 62.1 Å². The third-order valence-electron chi connectivity index (χ3n) is 5.48. The molecule has 6 heteroatoms. The molecule has 2 aromatic rings. The highest BCUT2D eigenvalue weighted by Crippen LogP contribution is 2.24. The Morgan fingerprint density at radius 2 is 1.69 bits per heavy atom. The normalized spacial score (nSPS) is 16.4. The number of benzene rings is 2. The molecule has 1 aliphatic heterocycles. The van der Waals surface area contributed by atoms with E-state index in [9.17, 15) is 4.79 Å². The molecule has 3 rings (SSSR count). The van der Waals surface area contributed by atoms with Crippen molar-refractivity contribution in [2.45, 2.75) is 19.9 Å². The maximum absolute atomic E-state index is 12.5. The molecule has 0 aliphatic carbocycles. The summed E-state index contributed by atoms with van der Waals surface area (Å²) in [6, 6.07) is 14.0. The second-order valence-corrected chi connectivity index (χ2v) is 8.16. The first kappa shape index (κ1) is 21.6. The molecule has 29 heavy (non-hydrogen) atoms. The molecule has 1 amide bonds. The largest absolute Gasteiger partial charge is 0.483 e. The van der Waals surface area contributed by atoms with Gasteiger partial charge in [-0.3, -0.25) is 9.69 Å². The van der Waals surface area contributed by atoms with E-state index in [-0.39, 0.29) is 18.6 Å². The van der Waals surface area contributed by atoms with Crippen molar-refractivity contribution < 1.29 is 9.53 Å². The van der Waals surface area contributed by atoms with Crippen LogP contribution >= 0.6 is 11.6 Å². The van der Waals surface area contributed by atoms with Crippen LogP contribution in [0.3, 0.4) is 0 Å². The molecular formula is C23H30ClN3O2. The SMILES string of the molecule is Cc1cccc(C)c1OCC(=O)NCC(c1ccc(Cl)cc1)N1CCN(C)CC1. The van der Waals surface area contributed by atoms with Gasteiger partial charge in [0.2, 0.25) is 0 Å².